The number of rotatable bonds is 4. The fourth-order valence-corrected chi connectivity index (χ4v) is 2.12. The molecule has 5 nitrogen and oxygen atoms in total. The van der Waals surface area contributed by atoms with Crippen molar-refractivity contribution in [2.75, 3.05) is 18.6 Å². The van der Waals surface area contributed by atoms with Gasteiger partial charge in [-0.05, 0) is 24.1 Å². The number of benzene rings is 1. The lowest BCUT2D eigenvalue weighted by Crippen LogP contribution is -2.25. The number of hydrogen-bond acceptors (Lipinski definition) is 3. The SMILES string of the molecule is CCCC(=O)NCc1ccc2c(c1)N(C)C(=O)CCO2. The van der Waals surface area contributed by atoms with E-state index in [1.165, 1.54) is 0 Å². The highest BCUT2D eigenvalue weighted by Gasteiger charge is 2.20. The van der Waals surface area contributed by atoms with Crippen LogP contribution in [0.3, 0.4) is 0 Å². The van der Waals surface area contributed by atoms with Crippen LogP contribution >= 0.6 is 0 Å². The van der Waals surface area contributed by atoms with E-state index in [2.05, 4.69) is 5.32 Å². The van der Waals surface area contributed by atoms with Gasteiger partial charge in [-0.3, -0.25) is 9.59 Å². The van der Waals surface area contributed by atoms with Gasteiger partial charge in [-0.2, -0.15) is 0 Å². The second-order valence-electron chi connectivity index (χ2n) is 4.88. The molecule has 1 aliphatic rings. The summed E-state index contributed by atoms with van der Waals surface area (Å²) < 4.78 is 5.56. The maximum atomic E-state index is 11.8. The van der Waals surface area contributed by atoms with Crippen molar-refractivity contribution in [3.8, 4) is 5.75 Å². The number of ether oxygens (including phenoxy) is 1. The van der Waals surface area contributed by atoms with E-state index in [4.69, 9.17) is 4.74 Å². The lowest BCUT2D eigenvalue weighted by molar-refractivity contribution is -0.121. The molecule has 108 valence electrons. The monoisotopic (exact) mass is 276 g/mol. The molecular formula is C15H20N2O3. The molecule has 5 heteroatoms. The van der Waals surface area contributed by atoms with Gasteiger partial charge in [0.15, 0.2) is 0 Å². The number of nitrogens with zero attached hydrogens (tertiary/aromatic N) is 1. The van der Waals surface area contributed by atoms with Crippen LogP contribution in [0.2, 0.25) is 0 Å². The molecule has 1 heterocycles. The third-order valence-electron chi connectivity index (χ3n) is 3.30. The molecule has 0 radical (unpaired) electrons. The summed E-state index contributed by atoms with van der Waals surface area (Å²) in [6.07, 6.45) is 1.75. The lowest BCUT2D eigenvalue weighted by Gasteiger charge is -2.17. The normalized spacial score (nSPS) is 14.3. The van der Waals surface area contributed by atoms with Gasteiger partial charge in [0.25, 0.3) is 0 Å². The summed E-state index contributed by atoms with van der Waals surface area (Å²) in [5.74, 6) is 0.793. The number of hydrogen-bond donors (Lipinski definition) is 1. The molecule has 1 N–H and O–H groups in total. The van der Waals surface area contributed by atoms with Gasteiger partial charge in [0.1, 0.15) is 5.75 Å². The Morgan fingerprint density at radius 1 is 1.45 bits per heavy atom. The van der Waals surface area contributed by atoms with Gasteiger partial charge < -0.3 is 15.0 Å². The van der Waals surface area contributed by atoms with E-state index >= 15 is 0 Å². The zero-order valence-corrected chi connectivity index (χ0v) is 11.9. The number of anilines is 1. The first-order chi connectivity index (χ1) is 9.61. The third-order valence-corrected chi connectivity index (χ3v) is 3.30. The van der Waals surface area contributed by atoms with Gasteiger partial charge in [-0.1, -0.05) is 13.0 Å². The van der Waals surface area contributed by atoms with Gasteiger partial charge in [-0.15, -0.1) is 0 Å². The first-order valence-corrected chi connectivity index (χ1v) is 6.90. The van der Waals surface area contributed by atoms with Crippen LogP contribution in [0.25, 0.3) is 0 Å². The molecule has 1 aromatic rings. The molecule has 1 aromatic carbocycles. The minimum atomic E-state index is 0.0379. The Morgan fingerprint density at radius 2 is 2.25 bits per heavy atom. The molecule has 2 amide bonds. The molecule has 0 saturated carbocycles. The van der Waals surface area contributed by atoms with Gasteiger partial charge >= 0.3 is 0 Å². The van der Waals surface area contributed by atoms with Crippen LogP contribution in [0.1, 0.15) is 31.7 Å². The van der Waals surface area contributed by atoms with Crippen molar-refractivity contribution < 1.29 is 14.3 Å². The Bertz CT molecular complexity index is 514. The van der Waals surface area contributed by atoms with Crippen molar-refractivity contribution >= 4 is 17.5 Å². The Labute approximate surface area is 118 Å². The third kappa shape index (κ3) is 3.29. The number of amides is 2. The summed E-state index contributed by atoms with van der Waals surface area (Å²) in [6.45, 7) is 2.84. The molecule has 0 saturated heterocycles. The second kappa shape index (κ2) is 6.41. The second-order valence-corrected chi connectivity index (χ2v) is 4.88. The van der Waals surface area contributed by atoms with Crippen molar-refractivity contribution in [3.05, 3.63) is 23.8 Å². The van der Waals surface area contributed by atoms with Gasteiger partial charge in [-0.25, -0.2) is 0 Å². The summed E-state index contributed by atoms with van der Waals surface area (Å²) in [6, 6.07) is 5.66. The number of fused-ring (bicyclic) bond motifs is 1. The van der Waals surface area contributed by atoms with Crippen molar-refractivity contribution in [2.45, 2.75) is 32.7 Å². The predicted octanol–water partition coefficient (Wildman–Crippen LogP) is 1.85. The fourth-order valence-electron chi connectivity index (χ4n) is 2.12. The highest BCUT2D eigenvalue weighted by Crippen LogP contribution is 2.31. The highest BCUT2D eigenvalue weighted by molar-refractivity contribution is 5.95. The quantitative estimate of drug-likeness (QED) is 0.913. The predicted molar refractivity (Wildman–Crippen MR) is 76.7 cm³/mol. The van der Waals surface area contributed by atoms with E-state index in [1.807, 2.05) is 25.1 Å². The summed E-state index contributed by atoms with van der Waals surface area (Å²) >= 11 is 0. The number of carbonyl (C=O) groups excluding carboxylic acids is 2. The lowest BCUT2D eigenvalue weighted by atomic mass is 10.1. The summed E-state index contributed by atoms with van der Waals surface area (Å²) in [5.41, 5.74) is 1.72. The molecule has 2 rings (SSSR count). The average molecular weight is 276 g/mol. The van der Waals surface area contributed by atoms with Crippen LogP contribution in [-0.4, -0.2) is 25.5 Å². The van der Waals surface area contributed by atoms with E-state index in [0.29, 0.717) is 31.7 Å². The Hall–Kier alpha value is -2.04. The van der Waals surface area contributed by atoms with E-state index < -0.39 is 0 Å². The van der Waals surface area contributed by atoms with Gasteiger partial charge in [0, 0.05) is 20.0 Å². The zero-order valence-electron chi connectivity index (χ0n) is 11.9. The minimum Gasteiger partial charge on any atom is -0.491 e. The topological polar surface area (TPSA) is 58.6 Å². The van der Waals surface area contributed by atoms with Crippen LogP contribution in [0.4, 0.5) is 5.69 Å². The van der Waals surface area contributed by atoms with Crippen LogP contribution in [0.5, 0.6) is 5.75 Å². The molecule has 0 aliphatic carbocycles. The Morgan fingerprint density at radius 3 is 3.00 bits per heavy atom. The van der Waals surface area contributed by atoms with E-state index in [1.54, 1.807) is 11.9 Å². The van der Waals surface area contributed by atoms with Crippen molar-refractivity contribution in [3.63, 3.8) is 0 Å². The first kappa shape index (κ1) is 14.4. The highest BCUT2D eigenvalue weighted by atomic mass is 16.5. The van der Waals surface area contributed by atoms with Crippen LogP contribution in [-0.2, 0) is 16.1 Å². The summed E-state index contributed by atoms with van der Waals surface area (Å²) in [7, 11) is 1.75. The minimum absolute atomic E-state index is 0.0379. The fraction of sp³-hybridized carbons (Fsp3) is 0.467. The molecule has 0 unspecified atom stereocenters. The van der Waals surface area contributed by atoms with E-state index in [9.17, 15) is 9.59 Å². The molecule has 0 aromatic heterocycles. The standard InChI is InChI=1S/C15H20N2O3/c1-3-4-14(18)16-10-11-5-6-13-12(9-11)17(2)15(19)7-8-20-13/h5-6,9H,3-4,7-8,10H2,1-2H3,(H,16,18). The largest absolute Gasteiger partial charge is 0.491 e. The molecule has 0 atom stereocenters. The molecule has 20 heavy (non-hydrogen) atoms. The smallest absolute Gasteiger partial charge is 0.230 e. The van der Waals surface area contributed by atoms with Crippen molar-refractivity contribution in [1.82, 2.24) is 5.32 Å². The van der Waals surface area contributed by atoms with Crippen molar-refractivity contribution in [1.29, 1.82) is 0 Å². The molecular weight excluding hydrogens is 256 g/mol. The first-order valence-electron chi connectivity index (χ1n) is 6.90. The van der Waals surface area contributed by atoms with Crippen molar-refractivity contribution in [2.24, 2.45) is 0 Å². The Balaban J connectivity index is 2.12. The maximum absolute atomic E-state index is 11.8. The molecule has 0 fully saturated rings. The number of carbonyl (C=O) groups is 2. The van der Waals surface area contributed by atoms with Crippen LogP contribution in [0, 0.1) is 0 Å². The summed E-state index contributed by atoms with van der Waals surface area (Å²) in [4.78, 5) is 24.9. The molecule has 1 aliphatic heterocycles. The van der Waals surface area contributed by atoms with Gasteiger partial charge in [0.05, 0.1) is 18.7 Å². The molecule has 0 bridgehead atoms. The maximum Gasteiger partial charge on any atom is 0.230 e. The van der Waals surface area contributed by atoms with E-state index in [-0.39, 0.29) is 11.8 Å². The zero-order chi connectivity index (χ0) is 14.5. The molecule has 0 spiro atoms. The Kier molecular flexibility index (Phi) is 4.61. The van der Waals surface area contributed by atoms with Crippen LogP contribution in [0.15, 0.2) is 18.2 Å². The number of nitrogens with one attached hydrogen (secondary N) is 1. The van der Waals surface area contributed by atoms with E-state index in [0.717, 1.165) is 17.7 Å². The average Bonchev–Trinajstić information content (AvgIpc) is 2.58. The van der Waals surface area contributed by atoms with Crippen LogP contribution < -0.4 is 15.0 Å². The van der Waals surface area contributed by atoms with Gasteiger partial charge in [0.2, 0.25) is 11.8 Å². The summed E-state index contributed by atoms with van der Waals surface area (Å²) in [5, 5.41) is 2.87.